The highest BCUT2D eigenvalue weighted by molar-refractivity contribution is 7.07. The first-order valence-corrected chi connectivity index (χ1v) is 10.3. The van der Waals surface area contributed by atoms with Crippen LogP contribution < -0.4 is 5.73 Å². The van der Waals surface area contributed by atoms with E-state index in [9.17, 15) is 9.90 Å². The number of benzene rings is 1. The molecule has 1 saturated heterocycles. The third kappa shape index (κ3) is 5.33. The van der Waals surface area contributed by atoms with Crippen LogP contribution in [0.25, 0.3) is 0 Å². The van der Waals surface area contributed by atoms with E-state index in [-0.39, 0.29) is 18.3 Å². The lowest BCUT2D eigenvalue weighted by Gasteiger charge is -2.46. The van der Waals surface area contributed by atoms with Crippen LogP contribution in [0.3, 0.4) is 0 Å². The largest absolute Gasteiger partial charge is 0.385 e. The number of thiophene rings is 1. The smallest absolute Gasteiger partial charge is 0.248 e. The standard InChI is InChI=1S/C21H29N3O2S.ClH/c1-23(2)13-19-14-24(9-6-16-7-11-27-15-16)10-8-21(19,26)18-5-3-4-17(12-18)20(22)25;/h3-5,7,11-12,15,19,26H,6,8-10,13-14H2,1-2H3,(H2,22,25);1H/t19-,21-;/m1./s1. The summed E-state index contributed by atoms with van der Waals surface area (Å²) >= 11 is 1.73. The molecule has 1 aliphatic heterocycles. The summed E-state index contributed by atoms with van der Waals surface area (Å²) in [5.41, 5.74) is 7.11. The van der Waals surface area contributed by atoms with Crippen LogP contribution in [-0.2, 0) is 12.0 Å². The Kier molecular flexibility index (Phi) is 8.04. The van der Waals surface area contributed by atoms with E-state index in [1.807, 2.05) is 26.2 Å². The maximum Gasteiger partial charge on any atom is 0.248 e. The number of nitrogens with zero attached hydrogens (tertiary/aromatic N) is 2. The van der Waals surface area contributed by atoms with Crippen molar-refractivity contribution in [2.24, 2.45) is 11.7 Å². The molecule has 3 rings (SSSR count). The van der Waals surface area contributed by atoms with Crippen molar-refractivity contribution in [3.63, 3.8) is 0 Å². The van der Waals surface area contributed by atoms with E-state index >= 15 is 0 Å². The van der Waals surface area contributed by atoms with Gasteiger partial charge in [0.25, 0.3) is 0 Å². The lowest BCUT2D eigenvalue weighted by molar-refractivity contribution is -0.0843. The lowest BCUT2D eigenvalue weighted by atomic mass is 9.75. The summed E-state index contributed by atoms with van der Waals surface area (Å²) in [6, 6.07) is 9.36. The Morgan fingerprint density at radius 1 is 1.39 bits per heavy atom. The van der Waals surface area contributed by atoms with E-state index < -0.39 is 11.5 Å². The van der Waals surface area contributed by atoms with E-state index in [2.05, 4.69) is 26.6 Å². The number of carbonyl (C=O) groups excluding carboxylic acids is 1. The van der Waals surface area contributed by atoms with Gasteiger partial charge in [-0.25, -0.2) is 0 Å². The monoisotopic (exact) mass is 423 g/mol. The van der Waals surface area contributed by atoms with Crippen LogP contribution in [0.5, 0.6) is 0 Å². The summed E-state index contributed by atoms with van der Waals surface area (Å²) < 4.78 is 0. The molecule has 0 unspecified atom stereocenters. The molecule has 0 spiro atoms. The maximum absolute atomic E-state index is 11.6. The first-order chi connectivity index (χ1) is 12.9. The quantitative estimate of drug-likeness (QED) is 0.718. The zero-order valence-corrected chi connectivity index (χ0v) is 18.1. The van der Waals surface area contributed by atoms with Gasteiger partial charge >= 0.3 is 0 Å². The SMILES string of the molecule is CN(C)C[C@@H]1CN(CCc2ccsc2)CC[C@@]1(O)c1cccc(C(N)=O)c1.Cl. The van der Waals surface area contributed by atoms with Gasteiger partial charge in [-0.3, -0.25) is 4.79 Å². The molecule has 2 atom stereocenters. The molecule has 154 valence electrons. The third-order valence-electron chi connectivity index (χ3n) is 5.49. The number of amides is 1. The van der Waals surface area contributed by atoms with E-state index in [1.54, 1.807) is 23.5 Å². The van der Waals surface area contributed by atoms with Crippen molar-refractivity contribution in [1.29, 1.82) is 0 Å². The number of hydrogen-bond acceptors (Lipinski definition) is 5. The third-order valence-corrected chi connectivity index (χ3v) is 6.22. The summed E-state index contributed by atoms with van der Waals surface area (Å²) in [7, 11) is 4.06. The molecule has 0 radical (unpaired) electrons. The second-order valence-corrected chi connectivity index (χ2v) is 8.54. The van der Waals surface area contributed by atoms with Gasteiger partial charge in [0.05, 0.1) is 5.60 Å². The summed E-state index contributed by atoms with van der Waals surface area (Å²) in [6.07, 6.45) is 1.69. The summed E-state index contributed by atoms with van der Waals surface area (Å²) in [5, 5.41) is 15.9. The molecule has 2 aromatic rings. The Labute approximate surface area is 177 Å². The number of primary amides is 1. The van der Waals surface area contributed by atoms with Crippen LogP contribution in [0.2, 0.25) is 0 Å². The van der Waals surface area contributed by atoms with Crippen molar-refractivity contribution in [2.45, 2.75) is 18.4 Å². The molecule has 1 aromatic heterocycles. The van der Waals surface area contributed by atoms with Crippen LogP contribution >= 0.6 is 23.7 Å². The molecule has 0 bridgehead atoms. The molecule has 28 heavy (non-hydrogen) atoms. The molecule has 3 N–H and O–H groups in total. The van der Waals surface area contributed by atoms with Crippen LogP contribution in [-0.4, -0.2) is 61.1 Å². The van der Waals surface area contributed by atoms with E-state index in [0.717, 1.165) is 38.2 Å². The zero-order valence-electron chi connectivity index (χ0n) is 16.5. The highest BCUT2D eigenvalue weighted by atomic mass is 35.5. The molecule has 0 saturated carbocycles. The molecule has 2 heterocycles. The molecule has 1 aromatic carbocycles. The minimum atomic E-state index is -0.950. The fourth-order valence-corrected chi connectivity index (χ4v) is 4.69. The van der Waals surface area contributed by atoms with Crippen molar-refractivity contribution in [3.05, 3.63) is 57.8 Å². The highest BCUT2D eigenvalue weighted by Gasteiger charge is 2.43. The van der Waals surface area contributed by atoms with E-state index in [1.165, 1.54) is 5.56 Å². The minimum Gasteiger partial charge on any atom is -0.385 e. The average molecular weight is 424 g/mol. The number of hydrogen-bond donors (Lipinski definition) is 2. The predicted octanol–water partition coefficient (Wildman–Crippen LogP) is 2.58. The molecular weight excluding hydrogens is 394 g/mol. The molecule has 1 fully saturated rings. The molecule has 1 aliphatic rings. The number of rotatable bonds is 7. The van der Waals surface area contributed by atoms with Gasteiger partial charge in [0.15, 0.2) is 0 Å². The summed E-state index contributed by atoms with van der Waals surface area (Å²) in [4.78, 5) is 16.1. The number of halogens is 1. The molecular formula is C21H30ClN3O2S. The first kappa shape index (κ1) is 22.8. The van der Waals surface area contributed by atoms with E-state index in [4.69, 9.17) is 5.73 Å². The van der Waals surface area contributed by atoms with Gasteiger partial charge < -0.3 is 20.6 Å². The van der Waals surface area contributed by atoms with Crippen LogP contribution in [0.15, 0.2) is 41.1 Å². The van der Waals surface area contributed by atoms with Crippen molar-refractivity contribution < 1.29 is 9.90 Å². The predicted molar refractivity (Wildman–Crippen MR) is 117 cm³/mol. The second kappa shape index (κ2) is 9.85. The Balaban J connectivity index is 0.00000280. The van der Waals surface area contributed by atoms with Crippen molar-refractivity contribution in [2.75, 3.05) is 40.3 Å². The number of likely N-dealkylation sites (tertiary alicyclic amines) is 1. The normalized spacial score (nSPS) is 22.8. The summed E-state index contributed by atoms with van der Waals surface area (Å²) in [6.45, 7) is 3.45. The minimum absolute atomic E-state index is 0. The fourth-order valence-electron chi connectivity index (χ4n) is 3.98. The van der Waals surface area contributed by atoms with Gasteiger partial charge in [-0.2, -0.15) is 11.3 Å². The van der Waals surface area contributed by atoms with Crippen molar-refractivity contribution in [3.8, 4) is 0 Å². The molecule has 5 nitrogen and oxygen atoms in total. The number of nitrogens with two attached hydrogens (primary N) is 1. The topological polar surface area (TPSA) is 69.8 Å². The Morgan fingerprint density at radius 3 is 2.82 bits per heavy atom. The Bertz CT molecular complexity index is 769. The summed E-state index contributed by atoms with van der Waals surface area (Å²) in [5.74, 6) is -0.398. The zero-order chi connectivity index (χ0) is 19.4. The number of carbonyl (C=O) groups is 1. The van der Waals surface area contributed by atoms with Crippen molar-refractivity contribution in [1.82, 2.24) is 9.80 Å². The van der Waals surface area contributed by atoms with Gasteiger partial charge in [0.2, 0.25) is 5.91 Å². The fraction of sp³-hybridized carbons (Fsp3) is 0.476. The average Bonchev–Trinajstić information content (AvgIpc) is 3.15. The van der Waals surface area contributed by atoms with Gasteiger partial charge in [-0.1, -0.05) is 12.1 Å². The van der Waals surface area contributed by atoms with E-state index in [0.29, 0.717) is 12.0 Å². The maximum atomic E-state index is 11.6. The van der Waals surface area contributed by atoms with Crippen LogP contribution in [0.4, 0.5) is 0 Å². The van der Waals surface area contributed by atoms with Gasteiger partial charge in [0.1, 0.15) is 0 Å². The van der Waals surface area contributed by atoms with Crippen LogP contribution in [0, 0.1) is 5.92 Å². The first-order valence-electron chi connectivity index (χ1n) is 9.39. The van der Waals surface area contributed by atoms with Gasteiger partial charge in [-0.05, 0) is 67.0 Å². The van der Waals surface area contributed by atoms with Gasteiger partial charge in [0, 0.05) is 37.7 Å². The Hall–Kier alpha value is -1.44. The van der Waals surface area contributed by atoms with Crippen molar-refractivity contribution >= 4 is 29.7 Å². The van der Waals surface area contributed by atoms with Gasteiger partial charge in [-0.15, -0.1) is 12.4 Å². The number of piperidine rings is 1. The molecule has 1 amide bonds. The molecule has 0 aliphatic carbocycles. The lowest BCUT2D eigenvalue weighted by Crippen LogP contribution is -2.53. The molecule has 7 heteroatoms. The highest BCUT2D eigenvalue weighted by Crippen LogP contribution is 2.38. The Morgan fingerprint density at radius 2 is 2.18 bits per heavy atom. The number of aliphatic hydroxyl groups is 1. The second-order valence-electron chi connectivity index (χ2n) is 7.76. The van der Waals surface area contributed by atoms with Crippen LogP contribution in [0.1, 0.15) is 27.9 Å².